The molecule has 0 aromatic rings. The number of ether oxygens (including phenoxy) is 2. The number of esters is 1. The maximum absolute atomic E-state index is 12.3. The van der Waals surface area contributed by atoms with Gasteiger partial charge in [0.2, 0.25) is 5.91 Å². The van der Waals surface area contributed by atoms with Crippen LogP contribution in [0.25, 0.3) is 0 Å². The fourth-order valence-corrected chi connectivity index (χ4v) is 2.42. The van der Waals surface area contributed by atoms with Crippen molar-refractivity contribution >= 4 is 18.0 Å². The number of aliphatic hydroxyl groups is 1. The number of hydrogen-bond donors (Lipinski definition) is 1. The Balaban J connectivity index is 2.57. The zero-order valence-electron chi connectivity index (χ0n) is 14.9. The fourth-order valence-electron chi connectivity index (χ4n) is 2.42. The van der Waals surface area contributed by atoms with Crippen LogP contribution in [0.15, 0.2) is 0 Å². The molecule has 24 heavy (non-hydrogen) atoms. The monoisotopic (exact) mass is 344 g/mol. The molecule has 0 radical (unpaired) electrons. The van der Waals surface area contributed by atoms with Crippen molar-refractivity contribution in [2.75, 3.05) is 32.8 Å². The van der Waals surface area contributed by atoms with Crippen LogP contribution in [0.4, 0.5) is 4.79 Å². The van der Waals surface area contributed by atoms with E-state index in [0.717, 1.165) is 0 Å². The van der Waals surface area contributed by atoms with E-state index in [0.29, 0.717) is 13.1 Å². The molecule has 0 saturated carbocycles. The van der Waals surface area contributed by atoms with Crippen molar-refractivity contribution in [2.24, 2.45) is 0 Å². The van der Waals surface area contributed by atoms with Gasteiger partial charge >= 0.3 is 12.1 Å². The summed E-state index contributed by atoms with van der Waals surface area (Å²) in [5.74, 6) is -0.648. The summed E-state index contributed by atoms with van der Waals surface area (Å²) in [6.45, 7) is 7.90. The minimum atomic E-state index is -0.599. The average molecular weight is 344 g/mol. The molecule has 8 heteroatoms. The van der Waals surface area contributed by atoms with Gasteiger partial charge in [-0.2, -0.15) is 0 Å². The molecule has 0 bridgehead atoms. The topological polar surface area (TPSA) is 96.4 Å². The van der Waals surface area contributed by atoms with Crippen molar-refractivity contribution in [3.8, 4) is 0 Å². The maximum Gasteiger partial charge on any atom is 0.410 e. The first-order valence-corrected chi connectivity index (χ1v) is 8.21. The first-order valence-electron chi connectivity index (χ1n) is 8.21. The average Bonchev–Trinajstić information content (AvgIpc) is 2.50. The van der Waals surface area contributed by atoms with Gasteiger partial charge in [0.25, 0.3) is 0 Å². The van der Waals surface area contributed by atoms with E-state index in [2.05, 4.69) is 0 Å². The lowest BCUT2D eigenvalue weighted by Gasteiger charge is -2.41. The van der Waals surface area contributed by atoms with Gasteiger partial charge < -0.3 is 24.4 Å². The molecule has 1 saturated heterocycles. The second-order valence-electron chi connectivity index (χ2n) is 6.65. The summed E-state index contributed by atoms with van der Waals surface area (Å²) in [7, 11) is 0. The Kier molecular flexibility index (Phi) is 7.47. The molecule has 2 amide bonds. The molecular formula is C16H28N2O6. The molecular weight excluding hydrogens is 316 g/mol. The zero-order chi connectivity index (χ0) is 18.3. The Labute approximate surface area is 142 Å². The van der Waals surface area contributed by atoms with Gasteiger partial charge in [-0.15, -0.1) is 0 Å². The number of amides is 2. The standard InChI is InChI=1S/C16H28N2O6/c1-5-23-14(21)7-6-13(20)18-9-8-17(10-12(18)11-19)15(22)24-16(2,3)4/h12,19H,5-11H2,1-4H3/t12-/m0/s1. The summed E-state index contributed by atoms with van der Waals surface area (Å²) in [6, 6.07) is -0.499. The van der Waals surface area contributed by atoms with E-state index in [9.17, 15) is 19.5 Å². The highest BCUT2D eigenvalue weighted by molar-refractivity contribution is 5.82. The molecule has 0 aromatic carbocycles. The van der Waals surface area contributed by atoms with E-state index in [1.807, 2.05) is 0 Å². The molecule has 1 N–H and O–H groups in total. The predicted molar refractivity (Wildman–Crippen MR) is 86.3 cm³/mol. The van der Waals surface area contributed by atoms with Crippen LogP contribution in [0.5, 0.6) is 0 Å². The van der Waals surface area contributed by atoms with Crippen LogP contribution in [-0.4, -0.2) is 77.4 Å². The first kappa shape index (κ1) is 20.2. The van der Waals surface area contributed by atoms with Crippen LogP contribution in [0.2, 0.25) is 0 Å². The highest BCUT2D eigenvalue weighted by atomic mass is 16.6. The maximum atomic E-state index is 12.3. The number of carbonyl (C=O) groups is 3. The number of rotatable bonds is 5. The normalized spacial score (nSPS) is 18.3. The summed E-state index contributed by atoms with van der Waals surface area (Å²) >= 11 is 0. The van der Waals surface area contributed by atoms with Gasteiger partial charge in [0.05, 0.1) is 25.7 Å². The third kappa shape index (κ3) is 6.35. The SMILES string of the molecule is CCOC(=O)CCC(=O)N1CCN(C(=O)OC(C)(C)C)C[C@H]1CO. The minimum absolute atomic E-state index is 0.0110. The van der Waals surface area contributed by atoms with Crippen molar-refractivity contribution in [2.45, 2.75) is 52.2 Å². The van der Waals surface area contributed by atoms with Gasteiger partial charge in [0, 0.05) is 26.1 Å². The molecule has 0 aliphatic carbocycles. The lowest BCUT2D eigenvalue weighted by molar-refractivity contribution is -0.147. The Morgan fingerprint density at radius 3 is 2.38 bits per heavy atom. The van der Waals surface area contributed by atoms with E-state index in [4.69, 9.17) is 9.47 Å². The Morgan fingerprint density at radius 2 is 1.83 bits per heavy atom. The quantitative estimate of drug-likeness (QED) is 0.740. The van der Waals surface area contributed by atoms with Gasteiger partial charge in [-0.25, -0.2) is 4.79 Å². The van der Waals surface area contributed by atoms with Crippen molar-refractivity contribution in [1.82, 2.24) is 9.80 Å². The van der Waals surface area contributed by atoms with Crippen LogP contribution in [0, 0.1) is 0 Å². The highest BCUT2D eigenvalue weighted by Gasteiger charge is 2.33. The van der Waals surface area contributed by atoms with E-state index >= 15 is 0 Å². The third-order valence-corrected chi connectivity index (χ3v) is 3.51. The lowest BCUT2D eigenvalue weighted by atomic mass is 10.1. The Hall–Kier alpha value is -1.83. The lowest BCUT2D eigenvalue weighted by Crippen LogP contribution is -2.58. The van der Waals surface area contributed by atoms with Crippen molar-refractivity contribution in [3.63, 3.8) is 0 Å². The molecule has 0 spiro atoms. The molecule has 1 rings (SSSR count). The molecule has 1 aliphatic heterocycles. The van der Waals surface area contributed by atoms with Crippen molar-refractivity contribution < 1.29 is 29.0 Å². The minimum Gasteiger partial charge on any atom is -0.466 e. The van der Waals surface area contributed by atoms with Gasteiger partial charge in [-0.1, -0.05) is 0 Å². The van der Waals surface area contributed by atoms with Crippen LogP contribution < -0.4 is 0 Å². The van der Waals surface area contributed by atoms with Crippen molar-refractivity contribution in [3.05, 3.63) is 0 Å². The molecule has 1 aliphatic rings. The largest absolute Gasteiger partial charge is 0.466 e. The second-order valence-corrected chi connectivity index (χ2v) is 6.65. The van der Waals surface area contributed by atoms with Crippen LogP contribution in [-0.2, 0) is 19.1 Å². The second kappa shape index (κ2) is 8.86. The van der Waals surface area contributed by atoms with Crippen LogP contribution in [0.1, 0.15) is 40.5 Å². The number of aliphatic hydroxyl groups excluding tert-OH is 1. The number of carbonyl (C=O) groups excluding carboxylic acids is 3. The molecule has 0 aromatic heterocycles. The van der Waals surface area contributed by atoms with E-state index < -0.39 is 23.7 Å². The summed E-state index contributed by atoms with van der Waals surface area (Å²) in [4.78, 5) is 38.7. The molecule has 1 fully saturated rings. The summed E-state index contributed by atoms with van der Waals surface area (Å²) in [5, 5.41) is 9.54. The highest BCUT2D eigenvalue weighted by Crippen LogP contribution is 2.16. The van der Waals surface area contributed by atoms with Crippen molar-refractivity contribution in [1.29, 1.82) is 0 Å². The van der Waals surface area contributed by atoms with Gasteiger partial charge in [0.15, 0.2) is 0 Å². The van der Waals surface area contributed by atoms with Crippen LogP contribution in [0.3, 0.4) is 0 Å². The number of nitrogens with zero attached hydrogens (tertiary/aromatic N) is 2. The van der Waals surface area contributed by atoms with Gasteiger partial charge in [-0.05, 0) is 27.7 Å². The van der Waals surface area contributed by atoms with Crippen LogP contribution >= 0.6 is 0 Å². The summed E-state index contributed by atoms with van der Waals surface area (Å²) in [6.07, 6.45) is -0.418. The van der Waals surface area contributed by atoms with E-state index in [-0.39, 0.29) is 38.5 Å². The predicted octanol–water partition coefficient (Wildman–Crippen LogP) is 0.770. The van der Waals surface area contributed by atoms with Gasteiger partial charge in [0.1, 0.15) is 5.60 Å². The Bertz CT molecular complexity index is 460. The molecule has 8 nitrogen and oxygen atoms in total. The Morgan fingerprint density at radius 1 is 1.17 bits per heavy atom. The number of piperazine rings is 1. The molecule has 138 valence electrons. The zero-order valence-corrected chi connectivity index (χ0v) is 14.9. The van der Waals surface area contributed by atoms with Gasteiger partial charge in [-0.3, -0.25) is 9.59 Å². The van der Waals surface area contributed by atoms with E-state index in [1.165, 1.54) is 9.80 Å². The van der Waals surface area contributed by atoms with E-state index in [1.54, 1.807) is 27.7 Å². The molecule has 0 unspecified atom stereocenters. The fraction of sp³-hybridized carbons (Fsp3) is 0.812. The third-order valence-electron chi connectivity index (χ3n) is 3.51. The molecule has 1 atom stereocenters. The smallest absolute Gasteiger partial charge is 0.410 e. The first-order chi connectivity index (χ1) is 11.2. The summed E-state index contributed by atoms with van der Waals surface area (Å²) < 4.78 is 10.1. The summed E-state index contributed by atoms with van der Waals surface area (Å²) in [5.41, 5.74) is -0.599. The molecule has 1 heterocycles. The number of hydrogen-bond acceptors (Lipinski definition) is 6.